The van der Waals surface area contributed by atoms with Gasteiger partial charge in [0.25, 0.3) is 0 Å². The standard InChI is InChI=1S/C23H15ClN4S/c24-19-10-15(2-1-8-25)3-6-22(19)28-14-27-21-12-26-20-5-4-16(11-18(20)23(21)28)17-7-9-29-13-17/h3-7,9-14H,1-2H2. The van der Waals surface area contributed by atoms with Crippen molar-refractivity contribution in [3.63, 3.8) is 0 Å². The van der Waals surface area contributed by atoms with E-state index < -0.39 is 0 Å². The van der Waals surface area contributed by atoms with Crippen LogP contribution >= 0.6 is 22.9 Å². The monoisotopic (exact) mass is 414 g/mol. The molecule has 4 nitrogen and oxygen atoms in total. The molecule has 0 bridgehead atoms. The molecule has 0 atom stereocenters. The largest absolute Gasteiger partial charge is 0.297 e. The molecule has 0 fully saturated rings. The first-order chi connectivity index (χ1) is 14.2. The molecule has 0 saturated heterocycles. The molecule has 0 aliphatic carbocycles. The number of pyridine rings is 1. The molecule has 0 aliphatic rings. The van der Waals surface area contributed by atoms with E-state index in [1.54, 1.807) is 23.9 Å². The molecule has 0 unspecified atom stereocenters. The van der Waals surface area contributed by atoms with Crippen molar-refractivity contribution in [1.82, 2.24) is 14.5 Å². The molecule has 3 heterocycles. The maximum Gasteiger partial charge on any atom is 0.108 e. The predicted molar refractivity (Wildman–Crippen MR) is 119 cm³/mol. The number of halogens is 1. The van der Waals surface area contributed by atoms with Gasteiger partial charge in [0.2, 0.25) is 0 Å². The van der Waals surface area contributed by atoms with E-state index in [1.807, 2.05) is 28.8 Å². The summed E-state index contributed by atoms with van der Waals surface area (Å²) < 4.78 is 2.02. The van der Waals surface area contributed by atoms with E-state index in [-0.39, 0.29) is 0 Å². The average Bonchev–Trinajstić information content (AvgIpc) is 3.42. The van der Waals surface area contributed by atoms with Crippen LogP contribution in [0.15, 0.2) is 65.7 Å². The third kappa shape index (κ3) is 3.17. The fraction of sp³-hybridized carbons (Fsp3) is 0.0870. The number of nitriles is 1. The summed E-state index contributed by atoms with van der Waals surface area (Å²) in [5.41, 5.74) is 6.99. The molecular weight excluding hydrogens is 400 g/mol. The minimum absolute atomic E-state index is 0.478. The van der Waals surface area contributed by atoms with Crippen molar-refractivity contribution in [3.8, 4) is 22.9 Å². The van der Waals surface area contributed by atoms with Crippen LogP contribution in [0.3, 0.4) is 0 Å². The highest BCUT2D eigenvalue weighted by Crippen LogP contribution is 2.32. The summed E-state index contributed by atoms with van der Waals surface area (Å²) in [6, 6.07) is 16.5. The number of nitrogens with zero attached hydrogens (tertiary/aromatic N) is 4. The SMILES string of the molecule is N#CCCc1ccc(-n2cnc3cnc4ccc(-c5ccsc5)cc4c32)c(Cl)c1. The average molecular weight is 415 g/mol. The first-order valence-corrected chi connectivity index (χ1v) is 10.5. The Morgan fingerprint density at radius 3 is 2.76 bits per heavy atom. The van der Waals surface area contributed by atoms with Gasteiger partial charge in [-0.1, -0.05) is 23.7 Å². The summed E-state index contributed by atoms with van der Waals surface area (Å²) in [5.74, 6) is 0. The van der Waals surface area contributed by atoms with Gasteiger partial charge in [-0.25, -0.2) is 4.98 Å². The van der Waals surface area contributed by atoms with Crippen LogP contribution in [0.25, 0.3) is 38.8 Å². The van der Waals surface area contributed by atoms with E-state index in [0.717, 1.165) is 38.8 Å². The summed E-state index contributed by atoms with van der Waals surface area (Å²) in [4.78, 5) is 9.12. The van der Waals surface area contributed by atoms with Crippen LogP contribution in [0.1, 0.15) is 12.0 Å². The number of aryl methyl sites for hydroxylation is 1. The van der Waals surface area contributed by atoms with Crippen molar-refractivity contribution in [2.75, 3.05) is 0 Å². The summed E-state index contributed by atoms with van der Waals surface area (Å²) >= 11 is 8.30. The normalized spacial score (nSPS) is 11.2. The molecule has 0 spiro atoms. The van der Waals surface area contributed by atoms with Gasteiger partial charge in [0.1, 0.15) is 11.8 Å². The Morgan fingerprint density at radius 1 is 1.03 bits per heavy atom. The summed E-state index contributed by atoms with van der Waals surface area (Å²) in [6.45, 7) is 0. The molecule has 5 rings (SSSR count). The second-order valence-electron chi connectivity index (χ2n) is 6.79. The second-order valence-corrected chi connectivity index (χ2v) is 7.98. The molecule has 0 amide bonds. The quantitative estimate of drug-likeness (QED) is 0.341. The van der Waals surface area contributed by atoms with Gasteiger partial charge in [0.05, 0.1) is 34.0 Å². The molecule has 2 aromatic carbocycles. The molecule has 6 heteroatoms. The molecule has 3 aromatic heterocycles. The third-order valence-corrected chi connectivity index (χ3v) is 6.01. The van der Waals surface area contributed by atoms with Gasteiger partial charge in [-0.15, -0.1) is 0 Å². The van der Waals surface area contributed by atoms with Crippen LogP contribution in [-0.4, -0.2) is 14.5 Å². The highest BCUT2D eigenvalue weighted by molar-refractivity contribution is 7.08. The number of rotatable bonds is 4. The number of benzene rings is 2. The van der Waals surface area contributed by atoms with Gasteiger partial charge in [-0.05, 0) is 64.2 Å². The fourth-order valence-electron chi connectivity index (χ4n) is 3.59. The Balaban J connectivity index is 1.71. The lowest BCUT2D eigenvalue weighted by molar-refractivity contribution is 1.00. The van der Waals surface area contributed by atoms with E-state index in [0.29, 0.717) is 17.9 Å². The minimum Gasteiger partial charge on any atom is -0.297 e. The van der Waals surface area contributed by atoms with Gasteiger partial charge in [0.15, 0.2) is 0 Å². The van der Waals surface area contributed by atoms with Crippen molar-refractivity contribution in [1.29, 1.82) is 5.26 Å². The predicted octanol–water partition coefficient (Wildman–Crippen LogP) is 6.41. The number of thiophene rings is 1. The second kappa shape index (κ2) is 7.32. The highest BCUT2D eigenvalue weighted by Gasteiger charge is 2.13. The molecular formula is C23H15ClN4S. The Hall–Kier alpha value is -3.20. The Morgan fingerprint density at radius 2 is 1.97 bits per heavy atom. The van der Waals surface area contributed by atoms with Crippen LogP contribution in [-0.2, 0) is 6.42 Å². The maximum absolute atomic E-state index is 8.81. The van der Waals surface area contributed by atoms with E-state index in [9.17, 15) is 0 Å². The number of fused-ring (bicyclic) bond motifs is 3. The van der Waals surface area contributed by atoms with Crippen molar-refractivity contribution in [3.05, 3.63) is 76.3 Å². The van der Waals surface area contributed by atoms with E-state index in [1.165, 1.54) is 5.56 Å². The van der Waals surface area contributed by atoms with Gasteiger partial charge in [-0.3, -0.25) is 9.55 Å². The molecule has 0 radical (unpaired) electrons. The number of hydrogen-bond acceptors (Lipinski definition) is 4. The van der Waals surface area contributed by atoms with E-state index >= 15 is 0 Å². The summed E-state index contributed by atoms with van der Waals surface area (Å²) in [5, 5.41) is 14.7. The molecule has 0 saturated carbocycles. The number of imidazole rings is 1. The molecule has 140 valence electrons. The maximum atomic E-state index is 8.81. The van der Waals surface area contributed by atoms with Crippen LogP contribution in [0, 0.1) is 11.3 Å². The molecule has 0 aliphatic heterocycles. The van der Waals surface area contributed by atoms with Crippen molar-refractivity contribution < 1.29 is 0 Å². The topological polar surface area (TPSA) is 54.5 Å². The lowest BCUT2D eigenvalue weighted by Crippen LogP contribution is -1.96. The van der Waals surface area contributed by atoms with E-state index in [2.05, 4.69) is 45.0 Å². The van der Waals surface area contributed by atoms with Gasteiger partial charge >= 0.3 is 0 Å². The molecule has 29 heavy (non-hydrogen) atoms. The molecule has 5 aromatic rings. The zero-order valence-corrected chi connectivity index (χ0v) is 16.9. The van der Waals surface area contributed by atoms with E-state index in [4.69, 9.17) is 16.9 Å². The highest BCUT2D eigenvalue weighted by atomic mass is 35.5. The first-order valence-electron chi connectivity index (χ1n) is 9.19. The zero-order valence-electron chi connectivity index (χ0n) is 15.3. The van der Waals surface area contributed by atoms with Crippen molar-refractivity contribution >= 4 is 44.9 Å². The van der Waals surface area contributed by atoms with Crippen molar-refractivity contribution in [2.45, 2.75) is 12.8 Å². The Bertz CT molecular complexity index is 1380. The van der Waals surface area contributed by atoms with Crippen LogP contribution < -0.4 is 0 Å². The number of aromatic nitrogens is 3. The van der Waals surface area contributed by atoms with Gasteiger partial charge in [0, 0.05) is 11.8 Å². The lowest BCUT2D eigenvalue weighted by atomic mass is 10.1. The third-order valence-electron chi connectivity index (χ3n) is 5.03. The van der Waals surface area contributed by atoms with Crippen LogP contribution in [0.4, 0.5) is 0 Å². The van der Waals surface area contributed by atoms with Crippen LogP contribution in [0.2, 0.25) is 5.02 Å². The van der Waals surface area contributed by atoms with Gasteiger partial charge < -0.3 is 0 Å². The number of hydrogen-bond donors (Lipinski definition) is 0. The molecule has 0 N–H and O–H groups in total. The summed E-state index contributed by atoms with van der Waals surface area (Å²) in [7, 11) is 0. The smallest absolute Gasteiger partial charge is 0.108 e. The van der Waals surface area contributed by atoms with Crippen LogP contribution in [0.5, 0.6) is 0 Å². The Kier molecular flexibility index (Phi) is 4.51. The zero-order chi connectivity index (χ0) is 19.8. The fourth-order valence-corrected chi connectivity index (χ4v) is 4.55. The van der Waals surface area contributed by atoms with Crippen molar-refractivity contribution in [2.24, 2.45) is 0 Å². The minimum atomic E-state index is 0.478. The summed E-state index contributed by atoms with van der Waals surface area (Å²) in [6.07, 6.45) is 4.76. The first kappa shape index (κ1) is 17.9. The Labute approximate surface area is 176 Å². The lowest BCUT2D eigenvalue weighted by Gasteiger charge is -2.11. The van der Waals surface area contributed by atoms with Gasteiger partial charge in [-0.2, -0.15) is 16.6 Å².